The van der Waals surface area contributed by atoms with E-state index in [4.69, 9.17) is 14.7 Å². The third kappa shape index (κ3) is 6.09. The summed E-state index contributed by atoms with van der Waals surface area (Å²) in [6.07, 6.45) is 4.13. The SMILES string of the molecule is C=CC(=O)N1CCN(c2nc(OCCCCN(C)C)nc3c2CCN(c2cc(O)cc4ccccc24)C3)CC1. The lowest BCUT2D eigenvalue weighted by Crippen LogP contribution is -2.49. The number of fused-ring (bicyclic) bond motifs is 2. The molecule has 5 rings (SSSR count). The fraction of sp³-hybridized carbons (Fsp3) is 0.433. The van der Waals surface area contributed by atoms with Crippen LogP contribution < -0.4 is 14.5 Å². The molecule has 9 nitrogen and oxygen atoms in total. The Hall–Kier alpha value is -3.85. The molecule has 1 amide bonds. The van der Waals surface area contributed by atoms with E-state index in [9.17, 15) is 9.90 Å². The average Bonchev–Trinajstić information content (AvgIpc) is 2.95. The maximum Gasteiger partial charge on any atom is 0.318 e. The number of anilines is 2. The molecule has 2 aliphatic rings. The molecule has 3 aromatic rings. The second-order valence-corrected chi connectivity index (χ2v) is 10.5. The lowest BCUT2D eigenvalue weighted by molar-refractivity contribution is -0.126. The number of aromatic nitrogens is 2. The van der Waals surface area contributed by atoms with Crippen LogP contribution in [0.15, 0.2) is 49.1 Å². The Kier molecular flexibility index (Phi) is 8.16. The smallest absolute Gasteiger partial charge is 0.318 e. The van der Waals surface area contributed by atoms with E-state index in [1.165, 1.54) is 6.08 Å². The molecule has 0 unspecified atom stereocenters. The highest BCUT2D eigenvalue weighted by Crippen LogP contribution is 2.36. The summed E-state index contributed by atoms with van der Waals surface area (Å²) in [5.74, 6) is 1.14. The predicted octanol–water partition coefficient (Wildman–Crippen LogP) is 3.45. The molecule has 2 aliphatic heterocycles. The summed E-state index contributed by atoms with van der Waals surface area (Å²) in [7, 11) is 4.15. The number of rotatable bonds is 9. The number of phenolic OH excluding ortho intramolecular Hbond substituents is 1. The minimum atomic E-state index is -0.0323. The largest absolute Gasteiger partial charge is 0.508 e. The minimum Gasteiger partial charge on any atom is -0.508 e. The summed E-state index contributed by atoms with van der Waals surface area (Å²) in [5, 5.41) is 12.5. The van der Waals surface area contributed by atoms with Gasteiger partial charge in [0.1, 0.15) is 11.6 Å². The summed E-state index contributed by atoms with van der Waals surface area (Å²) in [5.41, 5.74) is 3.09. The van der Waals surface area contributed by atoms with Gasteiger partial charge in [-0.3, -0.25) is 4.79 Å². The van der Waals surface area contributed by atoms with Gasteiger partial charge in [-0.05, 0) is 57.4 Å². The monoisotopic (exact) mass is 530 g/mol. The van der Waals surface area contributed by atoms with E-state index in [0.717, 1.165) is 65.9 Å². The molecule has 206 valence electrons. The van der Waals surface area contributed by atoms with Crippen molar-refractivity contribution in [2.24, 2.45) is 0 Å². The van der Waals surface area contributed by atoms with Gasteiger partial charge in [0.2, 0.25) is 5.91 Å². The molecule has 0 aliphatic carbocycles. The highest BCUT2D eigenvalue weighted by molar-refractivity contribution is 5.95. The lowest BCUT2D eigenvalue weighted by atomic mass is 10.0. The summed E-state index contributed by atoms with van der Waals surface area (Å²) in [4.78, 5) is 30.4. The summed E-state index contributed by atoms with van der Waals surface area (Å²) < 4.78 is 6.09. The van der Waals surface area contributed by atoms with Crippen molar-refractivity contribution in [2.45, 2.75) is 25.8 Å². The highest BCUT2D eigenvalue weighted by Gasteiger charge is 2.29. The highest BCUT2D eigenvalue weighted by atomic mass is 16.5. The van der Waals surface area contributed by atoms with E-state index < -0.39 is 0 Å². The van der Waals surface area contributed by atoms with Gasteiger partial charge in [0.25, 0.3) is 0 Å². The number of ether oxygens (including phenoxy) is 1. The van der Waals surface area contributed by atoms with Crippen molar-refractivity contribution in [3.63, 3.8) is 0 Å². The first kappa shape index (κ1) is 26.7. The van der Waals surface area contributed by atoms with Crippen LogP contribution in [0.25, 0.3) is 10.8 Å². The molecule has 2 aromatic carbocycles. The number of amides is 1. The Morgan fingerprint density at radius 2 is 1.87 bits per heavy atom. The fourth-order valence-electron chi connectivity index (χ4n) is 5.42. The zero-order valence-corrected chi connectivity index (χ0v) is 23.0. The number of hydrogen-bond acceptors (Lipinski definition) is 8. The van der Waals surface area contributed by atoms with E-state index in [0.29, 0.717) is 45.3 Å². The molecule has 1 fully saturated rings. The van der Waals surface area contributed by atoms with Gasteiger partial charge in [0.05, 0.1) is 18.8 Å². The van der Waals surface area contributed by atoms with Crippen molar-refractivity contribution >= 4 is 28.2 Å². The average molecular weight is 531 g/mol. The van der Waals surface area contributed by atoms with Crippen LogP contribution in [-0.2, 0) is 17.8 Å². The van der Waals surface area contributed by atoms with Gasteiger partial charge in [0.15, 0.2) is 0 Å². The number of nitrogens with zero attached hydrogens (tertiary/aromatic N) is 6. The first-order valence-corrected chi connectivity index (χ1v) is 13.7. The normalized spacial score (nSPS) is 15.5. The second-order valence-electron chi connectivity index (χ2n) is 10.5. The van der Waals surface area contributed by atoms with Crippen LogP contribution in [-0.4, -0.2) is 90.8 Å². The zero-order valence-electron chi connectivity index (χ0n) is 23.0. The van der Waals surface area contributed by atoms with Crippen LogP contribution in [0.5, 0.6) is 11.8 Å². The molecule has 1 aromatic heterocycles. The van der Waals surface area contributed by atoms with E-state index in [-0.39, 0.29) is 11.7 Å². The van der Waals surface area contributed by atoms with Crippen molar-refractivity contribution in [3.05, 3.63) is 60.3 Å². The van der Waals surface area contributed by atoms with Crippen LogP contribution in [0.1, 0.15) is 24.1 Å². The molecular weight excluding hydrogens is 492 g/mol. The molecule has 0 saturated carbocycles. The number of piperazine rings is 1. The minimum absolute atomic E-state index is 0.0323. The fourth-order valence-corrected chi connectivity index (χ4v) is 5.42. The summed E-state index contributed by atoms with van der Waals surface area (Å²) in [6, 6.07) is 12.2. The molecule has 0 bridgehead atoms. The number of benzene rings is 2. The van der Waals surface area contributed by atoms with Crippen LogP contribution >= 0.6 is 0 Å². The number of aromatic hydroxyl groups is 1. The molecule has 39 heavy (non-hydrogen) atoms. The van der Waals surface area contributed by atoms with Gasteiger partial charge >= 0.3 is 6.01 Å². The Morgan fingerprint density at radius 3 is 2.64 bits per heavy atom. The Bertz CT molecular complexity index is 1340. The third-order valence-electron chi connectivity index (χ3n) is 7.48. The zero-order chi connectivity index (χ0) is 27.4. The maximum atomic E-state index is 12.1. The number of carbonyl (C=O) groups excluding carboxylic acids is 1. The van der Waals surface area contributed by atoms with Gasteiger partial charge < -0.3 is 29.4 Å². The first-order valence-electron chi connectivity index (χ1n) is 13.7. The van der Waals surface area contributed by atoms with Crippen LogP contribution in [0.3, 0.4) is 0 Å². The number of hydrogen-bond donors (Lipinski definition) is 1. The van der Waals surface area contributed by atoms with Crippen LogP contribution in [0, 0.1) is 0 Å². The molecule has 1 N–H and O–H groups in total. The van der Waals surface area contributed by atoms with Gasteiger partial charge in [-0.1, -0.05) is 30.8 Å². The summed E-state index contributed by atoms with van der Waals surface area (Å²) >= 11 is 0. The maximum absolute atomic E-state index is 12.1. The first-order chi connectivity index (χ1) is 18.9. The Balaban J connectivity index is 1.41. The number of unbranched alkanes of at least 4 members (excludes halogenated alkanes) is 1. The Morgan fingerprint density at radius 1 is 1.08 bits per heavy atom. The van der Waals surface area contributed by atoms with Crippen molar-refractivity contribution < 1.29 is 14.6 Å². The predicted molar refractivity (Wildman–Crippen MR) is 155 cm³/mol. The van der Waals surface area contributed by atoms with Crippen LogP contribution in [0.4, 0.5) is 11.5 Å². The van der Waals surface area contributed by atoms with Crippen molar-refractivity contribution in [1.82, 2.24) is 19.8 Å². The second kappa shape index (κ2) is 11.9. The van der Waals surface area contributed by atoms with E-state index in [2.05, 4.69) is 41.4 Å². The van der Waals surface area contributed by atoms with E-state index in [1.807, 2.05) is 29.2 Å². The number of carbonyl (C=O) groups is 1. The number of phenols is 1. The topological polar surface area (TPSA) is 85.3 Å². The van der Waals surface area contributed by atoms with Gasteiger partial charge in [-0.25, -0.2) is 0 Å². The van der Waals surface area contributed by atoms with Crippen molar-refractivity contribution in [1.29, 1.82) is 0 Å². The molecule has 0 atom stereocenters. The van der Waals surface area contributed by atoms with E-state index in [1.54, 1.807) is 6.07 Å². The molecular formula is C30H38N6O3. The molecule has 0 radical (unpaired) electrons. The molecule has 3 heterocycles. The molecule has 9 heteroatoms. The van der Waals surface area contributed by atoms with Gasteiger partial charge in [0, 0.05) is 55.4 Å². The van der Waals surface area contributed by atoms with Gasteiger partial charge in [-0.2, -0.15) is 9.97 Å². The standard InChI is InChI=1S/C30H38N6O3/c1-4-28(38)34-14-16-35(17-15-34)29-25-11-13-36(27-20-23(37)19-22-9-5-6-10-24(22)27)21-26(25)31-30(32-29)39-18-8-7-12-33(2)3/h4-6,9-10,19-20,37H,1,7-8,11-18,21H2,2-3H3. The van der Waals surface area contributed by atoms with Gasteiger partial charge in [-0.15, -0.1) is 0 Å². The third-order valence-corrected chi connectivity index (χ3v) is 7.48. The molecule has 1 saturated heterocycles. The quantitative estimate of drug-likeness (QED) is 0.333. The Labute approximate surface area is 230 Å². The summed E-state index contributed by atoms with van der Waals surface area (Å²) in [6.45, 7) is 9.26. The van der Waals surface area contributed by atoms with Crippen LogP contribution in [0.2, 0.25) is 0 Å². The molecule has 0 spiro atoms. The van der Waals surface area contributed by atoms with Crippen molar-refractivity contribution in [2.75, 3.05) is 69.8 Å². The van der Waals surface area contributed by atoms with Crippen molar-refractivity contribution in [3.8, 4) is 11.8 Å². The lowest BCUT2D eigenvalue weighted by Gasteiger charge is -2.38. The van der Waals surface area contributed by atoms with E-state index >= 15 is 0 Å².